The Hall–Kier alpha value is -6.50. The molecule has 0 nitrogen and oxygen atoms in total. The molecule has 0 aromatic heterocycles. The fourth-order valence-corrected chi connectivity index (χ4v) is 8.23. The van der Waals surface area contributed by atoms with Crippen LogP contribution < -0.4 is 0 Å². The molecule has 0 bridgehead atoms. The van der Waals surface area contributed by atoms with E-state index < -0.39 is 0 Å². The van der Waals surface area contributed by atoms with E-state index in [0.717, 1.165) is 0 Å². The molecule has 0 heterocycles. The Labute approximate surface area is 291 Å². The first kappa shape index (κ1) is 28.5. The number of fused-ring (bicyclic) bond motifs is 7. The van der Waals surface area contributed by atoms with Gasteiger partial charge in [0.15, 0.2) is 0 Å². The summed E-state index contributed by atoms with van der Waals surface area (Å²) in [5.74, 6) is 0. The molecule has 0 heteroatoms. The molecule has 0 aliphatic carbocycles. The van der Waals surface area contributed by atoms with Crippen molar-refractivity contribution < 1.29 is 0 Å². The molecule has 0 aliphatic heterocycles. The van der Waals surface area contributed by atoms with Crippen LogP contribution in [0, 0.1) is 0 Å². The van der Waals surface area contributed by atoms with Crippen molar-refractivity contribution in [3.8, 4) is 44.5 Å². The Morgan fingerprint density at radius 1 is 0.160 bits per heavy atom. The maximum atomic E-state index is 2.36. The van der Waals surface area contributed by atoms with Gasteiger partial charge in [-0.25, -0.2) is 0 Å². The average molecular weight is 633 g/mol. The standard InChI is InChI=1S/C50H32/c1-4-17-36-33(13-1)16-11-24-39(36)43-21-9-10-23-47(43)50-48-30-28-35-15-3-6-19-38(35)45(48)31-32-49(50)44-22-8-7-20-41(44)42-26-12-25-40-37-18-5-2-14-34(37)27-29-46(40)42/h1-32H. The lowest BCUT2D eigenvalue weighted by Crippen LogP contribution is -1.94. The molecule has 10 aromatic rings. The molecule has 0 atom stereocenters. The minimum absolute atomic E-state index is 1.23. The monoisotopic (exact) mass is 632 g/mol. The highest BCUT2D eigenvalue weighted by Gasteiger charge is 2.20. The topological polar surface area (TPSA) is 0 Å². The van der Waals surface area contributed by atoms with Crippen LogP contribution in [-0.2, 0) is 0 Å². The number of benzene rings is 10. The van der Waals surface area contributed by atoms with Gasteiger partial charge >= 0.3 is 0 Å². The zero-order valence-electron chi connectivity index (χ0n) is 27.5. The molecule has 0 N–H and O–H groups in total. The van der Waals surface area contributed by atoms with Gasteiger partial charge in [0.25, 0.3) is 0 Å². The van der Waals surface area contributed by atoms with Crippen molar-refractivity contribution in [3.05, 3.63) is 194 Å². The van der Waals surface area contributed by atoms with E-state index in [1.807, 2.05) is 0 Å². The molecule has 0 saturated heterocycles. The fourth-order valence-electron chi connectivity index (χ4n) is 8.23. The smallest absolute Gasteiger partial charge is 0.00201 e. The summed E-state index contributed by atoms with van der Waals surface area (Å²) in [5, 5.41) is 12.7. The number of hydrogen-bond donors (Lipinski definition) is 0. The molecule has 0 aliphatic rings. The molecular weight excluding hydrogens is 601 g/mol. The van der Waals surface area contributed by atoms with Crippen molar-refractivity contribution in [1.82, 2.24) is 0 Å². The Bertz CT molecular complexity index is 2920. The summed E-state index contributed by atoms with van der Waals surface area (Å²) in [6, 6.07) is 71.4. The van der Waals surface area contributed by atoms with Gasteiger partial charge in [-0.3, -0.25) is 0 Å². The van der Waals surface area contributed by atoms with Crippen LogP contribution >= 0.6 is 0 Å². The molecule has 0 spiro atoms. The molecule has 10 aromatic carbocycles. The lowest BCUT2D eigenvalue weighted by Gasteiger charge is -2.21. The number of hydrogen-bond acceptors (Lipinski definition) is 0. The molecule has 232 valence electrons. The van der Waals surface area contributed by atoms with E-state index >= 15 is 0 Å². The predicted molar refractivity (Wildman–Crippen MR) is 216 cm³/mol. The van der Waals surface area contributed by atoms with Gasteiger partial charge in [-0.2, -0.15) is 0 Å². The fraction of sp³-hybridized carbons (Fsp3) is 0. The Balaban J connectivity index is 1.30. The summed E-state index contributed by atoms with van der Waals surface area (Å²) in [6.07, 6.45) is 0. The summed E-state index contributed by atoms with van der Waals surface area (Å²) < 4.78 is 0. The molecule has 0 amide bonds. The normalized spacial score (nSPS) is 11.6. The Morgan fingerprint density at radius 2 is 0.540 bits per heavy atom. The molecule has 0 radical (unpaired) electrons. The highest BCUT2D eigenvalue weighted by molar-refractivity contribution is 6.18. The summed E-state index contributed by atoms with van der Waals surface area (Å²) in [7, 11) is 0. The molecule has 0 unspecified atom stereocenters. The van der Waals surface area contributed by atoms with Gasteiger partial charge < -0.3 is 0 Å². The minimum Gasteiger partial charge on any atom is -0.0616 e. The summed E-state index contributed by atoms with van der Waals surface area (Å²) in [4.78, 5) is 0. The zero-order chi connectivity index (χ0) is 33.0. The van der Waals surface area contributed by atoms with Crippen LogP contribution in [0.25, 0.3) is 98.4 Å². The van der Waals surface area contributed by atoms with Gasteiger partial charge in [-0.05, 0) is 98.4 Å². The first-order valence-corrected chi connectivity index (χ1v) is 17.4. The zero-order valence-corrected chi connectivity index (χ0v) is 27.5. The van der Waals surface area contributed by atoms with E-state index in [2.05, 4.69) is 194 Å². The van der Waals surface area contributed by atoms with Crippen LogP contribution in [-0.4, -0.2) is 0 Å². The van der Waals surface area contributed by atoms with Crippen LogP contribution in [0.4, 0.5) is 0 Å². The molecule has 10 rings (SSSR count). The van der Waals surface area contributed by atoms with Gasteiger partial charge in [0, 0.05) is 0 Å². The van der Waals surface area contributed by atoms with E-state index in [-0.39, 0.29) is 0 Å². The maximum absolute atomic E-state index is 2.36. The van der Waals surface area contributed by atoms with Gasteiger partial charge in [0.2, 0.25) is 0 Å². The lowest BCUT2D eigenvalue weighted by atomic mass is 9.82. The van der Waals surface area contributed by atoms with E-state index in [0.29, 0.717) is 0 Å². The van der Waals surface area contributed by atoms with E-state index in [4.69, 9.17) is 0 Å². The summed E-state index contributed by atoms with van der Waals surface area (Å²) in [5.41, 5.74) is 9.92. The highest BCUT2D eigenvalue weighted by atomic mass is 14.2. The van der Waals surface area contributed by atoms with Crippen LogP contribution in [0.3, 0.4) is 0 Å². The predicted octanol–water partition coefficient (Wildman–Crippen LogP) is 14.1. The minimum atomic E-state index is 1.23. The molecular formula is C50H32. The first-order chi connectivity index (χ1) is 24.8. The van der Waals surface area contributed by atoms with Gasteiger partial charge in [-0.1, -0.05) is 194 Å². The maximum Gasteiger partial charge on any atom is -0.00201 e. The quantitative estimate of drug-likeness (QED) is 0.169. The van der Waals surface area contributed by atoms with Gasteiger partial charge in [0.1, 0.15) is 0 Å². The van der Waals surface area contributed by atoms with Crippen molar-refractivity contribution in [2.75, 3.05) is 0 Å². The molecule has 0 fully saturated rings. The summed E-state index contributed by atoms with van der Waals surface area (Å²) in [6.45, 7) is 0. The SMILES string of the molecule is c1ccc(-c2cccc3c2ccc2ccccc23)c(-c2ccc3c(ccc4ccccc43)c2-c2ccccc2-c2cccc3ccccc23)c1. The van der Waals surface area contributed by atoms with Crippen LogP contribution in [0.2, 0.25) is 0 Å². The van der Waals surface area contributed by atoms with Crippen molar-refractivity contribution in [2.45, 2.75) is 0 Å². The second-order valence-corrected chi connectivity index (χ2v) is 13.2. The summed E-state index contributed by atoms with van der Waals surface area (Å²) >= 11 is 0. The van der Waals surface area contributed by atoms with Crippen molar-refractivity contribution in [1.29, 1.82) is 0 Å². The van der Waals surface area contributed by atoms with E-state index in [1.165, 1.54) is 98.4 Å². The number of rotatable bonds is 4. The third-order valence-electron chi connectivity index (χ3n) is 10.5. The first-order valence-electron chi connectivity index (χ1n) is 17.4. The second-order valence-electron chi connectivity index (χ2n) is 13.2. The van der Waals surface area contributed by atoms with Crippen LogP contribution in [0.5, 0.6) is 0 Å². The lowest BCUT2D eigenvalue weighted by molar-refractivity contribution is 1.59. The van der Waals surface area contributed by atoms with E-state index in [9.17, 15) is 0 Å². The van der Waals surface area contributed by atoms with Crippen molar-refractivity contribution >= 4 is 53.9 Å². The third kappa shape index (κ3) is 4.46. The van der Waals surface area contributed by atoms with Gasteiger partial charge in [0.05, 0.1) is 0 Å². The Kier molecular flexibility index (Phi) is 6.60. The molecule has 0 saturated carbocycles. The average Bonchev–Trinajstić information content (AvgIpc) is 3.20. The van der Waals surface area contributed by atoms with Crippen molar-refractivity contribution in [3.63, 3.8) is 0 Å². The molecule has 50 heavy (non-hydrogen) atoms. The largest absolute Gasteiger partial charge is 0.0616 e. The second kappa shape index (κ2) is 11.6. The third-order valence-corrected chi connectivity index (χ3v) is 10.5. The van der Waals surface area contributed by atoms with E-state index in [1.54, 1.807) is 0 Å². The van der Waals surface area contributed by atoms with Gasteiger partial charge in [-0.15, -0.1) is 0 Å². The van der Waals surface area contributed by atoms with Crippen LogP contribution in [0.15, 0.2) is 194 Å². The van der Waals surface area contributed by atoms with Crippen LogP contribution in [0.1, 0.15) is 0 Å². The van der Waals surface area contributed by atoms with Crippen molar-refractivity contribution in [2.24, 2.45) is 0 Å². The Morgan fingerprint density at radius 3 is 1.22 bits per heavy atom. The highest BCUT2D eigenvalue weighted by Crippen LogP contribution is 2.47.